The fourth-order valence-electron chi connectivity index (χ4n) is 2.67. The SMILES string of the molecule is CCCCCCCCSC(COc1ccc(Cl)c(Cl)c1)Cn1ccnc1. The Morgan fingerprint density at radius 3 is 2.65 bits per heavy atom. The van der Waals surface area contributed by atoms with Gasteiger partial charge in [0.2, 0.25) is 0 Å². The normalized spacial score (nSPS) is 12.3. The first-order chi connectivity index (χ1) is 12.7. The minimum atomic E-state index is 0.370. The maximum atomic E-state index is 6.07. The van der Waals surface area contributed by atoms with Gasteiger partial charge in [0.25, 0.3) is 0 Å². The van der Waals surface area contributed by atoms with Crippen molar-refractivity contribution in [2.45, 2.75) is 57.2 Å². The second-order valence-electron chi connectivity index (χ2n) is 6.41. The molecule has 0 N–H and O–H groups in total. The Labute approximate surface area is 171 Å². The molecule has 0 aliphatic carbocycles. The lowest BCUT2D eigenvalue weighted by Crippen LogP contribution is -2.21. The molecule has 1 aromatic carbocycles. The van der Waals surface area contributed by atoms with Crippen LogP contribution in [0.1, 0.15) is 45.4 Å². The molecular weight excluding hydrogens is 387 g/mol. The quantitative estimate of drug-likeness (QED) is 0.339. The molecule has 0 bridgehead atoms. The number of nitrogens with zero attached hydrogens (tertiary/aromatic N) is 2. The van der Waals surface area contributed by atoms with E-state index in [2.05, 4.69) is 16.5 Å². The zero-order valence-corrected chi connectivity index (χ0v) is 17.7. The smallest absolute Gasteiger partial charge is 0.120 e. The molecule has 1 heterocycles. The van der Waals surface area contributed by atoms with Gasteiger partial charge in [-0.3, -0.25) is 0 Å². The zero-order chi connectivity index (χ0) is 18.6. The fraction of sp³-hybridized carbons (Fsp3) is 0.550. The summed E-state index contributed by atoms with van der Waals surface area (Å²) < 4.78 is 8.07. The maximum absolute atomic E-state index is 6.07. The van der Waals surface area contributed by atoms with Crippen molar-refractivity contribution in [3.05, 3.63) is 47.0 Å². The van der Waals surface area contributed by atoms with Crippen molar-refractivity contribution in [3.63, 3.8) is 0 Å². The summed E-state index contributed by atoms with van der Waals surface area (Å²) >= 11 is 14.0. The molecule has 0 saturated heterocycles. The average molecular weight is 415 g/mol. The molecule has 0 aliphatic rings. The van der Waals surface area contributed by atoms with Crippen LogP contribution in [0.4, 0.5) is 0 Å². The molecule has 1 atom stereocenters. The molecule has 144 valence electrons. The number of ether oxygens (including phenoxy) is 1. The number of hydrogen-bond acceptors (Lipinski definition) is 3. The van der Waals surface area contributed by atoms with Crippen molar-refractivity contribution < 1.29 is 4.74 Å². The molecule has 0 spiro atoms. The molecule has 1 aromatic heterocycles. The Morgan fingerprint density at radius 1 is 1.12 bits per heavy atom. The van der Waals surface area contributed by atoms with Crippen LogP contribution in [-0.4, -0.2) is 27.2 Å². The minimum absolute atomic E-state index is 0.370. The number of hydrogen-bond donors (Lipinski definition) is 0. The van der Waals surface area contributed by atoms with Crippen molar-refractivity contribution in [2.24, 2.45) is 0 Å². The molecule has 0 saturated carbocycles. The molecule has 0 fully saturated rings. The number of halogens is 2. The van der Waals surface area contributed by atoms with E-state index in [9.17, 15) is 0 Å². The molecule has 26 heavy (non-hydrogen) atoms. The Hall–Kier alpha value is -0.840. The first-order valence-corrected chi connectivity index (χ1v) is 11.1. The molecule has 1 unspecified atom stereocenters. The number of imidazole rings is 1. The highest BCUT2D eigenvalue weighted by Gasteiger charge is 2.12. The summed E-state index contributed by atoms with van der Waals surface area (Å²) in [7, 11) is 0. The highest BCUT2D eigenvalue weighted by Crippen LogP contribution is 2.27. The van der Waals surface area contributed by atoms with E-state index in [1.54, 1.807) is 12.1 Å². The van der Waals surface area contributed by atoms with Crippen LogP contribution in [0.5, 0.6) is 5.75 Å². The van der Waals surface area contributed by atoms with Gasteiger partial charge in [0.05, 0.1) is 21.6 Å². The van der Waals surface area contributed by atoms with Crippen molar-refractivity contribution in [1.29, 1.82) is 0 Å². The van der Waals surface area contributed by atoms with Crippen molar-refractivity contribution in [1.82, 2.24) is 9.55 Å². The first kappa shape index (κ1) is 21.5. The summed E-state index contributed by atoms with van der Waals surface area (Å²) in [6, 6.07) is 5.41. The van der Waals surface area contributed by atoms with Gasteiger partial charge in [0.15, 0.2) is 0 Å². The summed E-state index contributed by atoms with van der Waals surface area (Å²) in [5.41, 5.74) is 0. The van der Waals surface area contributed by atoms with E-state index in [0.29, 0.717) is 21.9 Å². The number of rotatable bonds is 13. The predicted octanol–water partition coefficient (Wildman–Crippen LogP) is 6.73. The van der Waals surface area contributed by atoms with Crippen LogP contribution >= 0.6 is 35.0 Å². The van der Waals surface area contributed by atoms with Gasteiger partial charge in [0, 0.05) is 25.0 Å². The van der Waals surface area contributed by atoms with Crippen LogP contribution in [0.25, 0.3) is 0 Å². The largest absolute Gasteiger partial charge is 0.492 e. The lowest BCUT2D eigenvalue weighted by atomic mass is 10.1. The van der Waals surface area contributed by atoms with E-state index < -0.39 is 0 Å². The van der Waals surface area contributed by atoms with Crippen molar-refractivity contribution >= 4 is 35.0 Å². The van der Waals surface area contributed by atoms with Gasteiger partial charge in [-0.25, -0.2) is 4.98 Å². The molecule has 0 amide bonds. The molecule has 0 aliphatic heterocycles. The molecular formula is C20H28Cl2N2OS. The average Bonchev–Trinajstić information content (AvgIpc) is 3.14. The first-order valence-electron chi connectivity index (χ1n) is 9.34. The van der Waals surface area contributed by atoms with Crippen LogP contribution in [0, 0.1) is 0 Å². The lowest BCUT2D eigenvalue weighted by Gasteiger charge is -2.18. The van der Waals surface area contributed by atoms with Gasteiger partial charge in [-0.1, -0.05) is 62.2 Å². The van der Waals surface area contributed by atoms with Crippen LogP contribution < -0.4 is 4.74 Å². The summed E-state index contributed by atoms with van der Waals surface area (Å²) in [6.07, 6.45) is 13.6. The number of thioether (sulfide) groups is 1. The van der Waals surface area contributed by atoms with Crippen LogP contribution in [0.2, 0.25) is 10.0 Å². The van der Waals surface area contributed by atoms with Gasteiger partial charge in [0.1, 0.15) is 12.4 Å². The third-order valence-electron chi connectivity index (χ3n) is 4.15. The Kier molecular flexibility index (Phi) is 10.3. The standard InChI is InChI=1S/C20H28Cl2N2OS/c1-2-3-4-5-6-7-12-26-18(14-24-11-10-23-16-24)15-25-17-8-9-19(21)20(22)13-17/h8-11,13,16,18H,2-7,12,14-15H2,1H3. The topological polar surface area (TPSA) is 27.1 Å². The zero-order valence-electron chi connectivity index (χ0n) is 15.4. The summed E-state index contributed by atoms with van der Waals surface area (Å²) in [4.78, 5) is 4.13. The van der Waals surface area contributed by atoms with E-state index >= 15 is 0 Å². The fourth-order valence-corrected chi connectivity index (χ4v) is 4.11. The number of benzene rings is 1. The van der Waals surface area contributed by atoms with E-state index in [0.717, 1.165) is 18.0 Å². The predicted molar refractivity (Wildman–Crippen MR) is 114 cm³/mol. The van der Waals surface area contributed by atoms with Crippen LogP contribution in [0.15, 0.2) is 36.9 Å². The lowest BCUT2D eigenvalue weighted by molar-refractivity contribution is 0.308. The van der Waals surface area contributed by atoms with Crippen molar-refractivity contribution in [3.8, 4) is 5.75 Å². The highest BCUT2D eigenvalue weighted by molar-refractivity contribution is 7.99. The molecule has 2 rings (SSSR count). The number of aromatic nitrogens is 2. The van der Waals surface area contributed by atoms with E-state index in [1.807, 2.05) is 36.5 Å². The van der Waals surface area contributed by atoms with Gasteiger partial charge in [-0.2, -0.15) is 11.8 Å². The van der Waals surface area contributed by atoms with E-state index in [1.165, 1.54) is 38.5 Å². The van der Waals surface area contributed by atoms with Crippen molar-refractivity contribution in [2.75, 3.05) is 12.4 Å². The monoisotopic (exact) mass is 414 g/mol. The molecule has 3 nitrogen and oxygen atoms in total. The highest BCUT2D eigenvalue weighted by atomic mass is 35.5. The molecule has 6 heteroatoms. The summed E-state index contributed by atoms with van der Waals surface area (Å²) in [5, 5.41) is 1.44. The Bertz CT molecular complexity index is 622. The maximum Gasteiger partial charge on any atom is 0.120 e. The second kappa shape index (κ2) is 12.5. The third-order valence-corrected chi connectivity index (χ3v) is 6.17. The van der Waals surface area contributed by atoms with Crippen LogP contribution in [-0.2, 0) is 6.54 Å². The Morgan fingerprint density at radius 2 is 1.92 bits per heavy atom. The summed E-state index contributed by atoms with van der Waals surface area (Å²) in [5.74, 6) is 1.92. The second-order valence-corrected chi connectivity index (χ2v) is 8.63. The Balaban J connectivity index is 1.78. The van der Waals surface area contributed by atoms with E-state index in [-0.39, 0.29) is 0 Å². The minimum Gasteiger partial charge on any atom is -0.492 e. The van der Waals surface area contributed by atoms with Gasteiger partial charge in [-0.05, 0) is 24.3 Å². The molecule has 2 aromatic rings. The van der Waals surface area contributed by atoms with E-state index in [4.69, 9.17) is 27.9 Å². The van der Waals surface area contributed by atoms with Gasteiger partial charge in [-0.15, -0.1) is 0 Å². The molecule has 0 radical (unpaired) electrons. The van der Waals surface area contributed by atoms with Gasteiger partial charge < -0.3 is 9.30 Å². The van der Waals surface area contributed by atoms with Gasteiger partial charge >= 0.3 is 0 Å². The van der Waals surface area contributed by atoms with Crippen LogP contribution in [0.3, 0.4) is 0 Å². The number of unbranched alkanes of at least 4 members (excludes halogenated alkanes) is 5. The summed E-state index contributed by atoms with van der Waals surface area (Å²) in [6.45, 7) is 3.78. The third kappa shape index (κ3) is 8.24.